The zero-order valence-electron chi connectivity index (χ0n) is 11.6. The van der Waals surface area contributed by atoms with Crippen molar-refractivity contribution in [2.45, 2.75) is 46.1 Å². The van der Waals surface area contributed by atoms with Gasteiger partial charge in [0.25, 0.3) is 0 Å². The molecule has 19 heavy (non-hydrogen) atoms. The summed E-state index contributed by atoms with van der Waals surface area (Å²) in [6, 6.07) is 2.54. The number of halogens is 2. The maximum atomic E-state index is 5.96. The van der Waals surface area contributed by atoms with Crippen LogP contribution in [-0.2, 0) is 0 Å². The first kappa shape index (κ1) is 13.7. The molecule has 2 bridgehead atoms. The molecule has 2 nitrogen and oxygen atoms in total. The molecule has 0 radical (unpaired) electrons. The second-order valence-electron chi connectivity index (χ2n) is 6.99. The highest BCUT2D eigenvalue weighted by Gasteiger charge is 2.59. The maximum absolute atomic E-state index is 5.96. The average molecular weight is 344 g/mol. The van der Waals surface area contributed by atoms with Crippen LogP contribution in [0.2, 0.25) is 5.15 Å². The first-order chi connectivity index (χ1) is 8.83. The minimum atomic E-state index is 0.346. The molecule has 2 saturated carbocycles. The Balaban J connectivity index is 1.88. The summed E-state index contributed by atoms with van der Waals surface area (Å²) in [4.78, 5) is 4.21. The summed E-state index contributed by atoms with van der Waals surface area (Å²) in [5.41, 5.74) is 1.82. The molecule has 0 saturated heterocycles. The van der Waals surface area contributed by atoms with E-state index in [4.69, 9.17) is 11.6 Å². The van der Waals surface area contributed by atoms with Gasteiger partial charge in [0.15, 0.2) is 0 Å². The zero-order valence-corrected chi connectivity index (χ0v) is 14.0. The Morgan fingerprint density at radius 2 is 2.16 bits per heavy atom. The van der Waals surface area contributed by atoms with E-state index in [1.54, 1.807) is 0 Å². The van der Waals surface area contributed by atoms with Crippen LogP contribution in [0.3, 0.4) is 0 Å². The number of nitrogens with zero attached hydrogens (tertiary/aromatic N) is 1. The van der Waals surface area contributed by atoms with E-state index in [0.29, 0.717) is 22.0 Å². The Hall–Kier alpha value is -0.280. The van der Waals surface area contributed by atoms with Gasteiger partial charge in [-0.2, -0.15) is 0 Å². The molecule has 2 aliphatic rings. The fourth-order valence-electron chi connectivity index (χ4n) is 4.33. The number of pyridine rings is 1. The first-order valence-electron chi connectivity index (χ1n) is 6.90. The van der Waals surface area contributed by atoms with E-state index < -0.39 is 0 Å². The molecule has 2 aliphatic carbocycles. The highest BCUT2D eigenvalue weighted by molar-refractivity contribution is 9.10. The molecular formula is C15H20BrClN2. The number of anilines is 1. The van der Waals surface area contributed by atoms with Gasteiger partial charge in [0.05, 0.1) is 16.4 Å². The van der Waals surface area contributed by atoms with Crippen molar-refractivity contribution in [3.05, 3.63) is 21.9 Å². The Morgan fingerprint density at radius 3 is 2.74 bits per heavy atom. The summed E-state index contributed by atoms with van der Waals surface area (Å²) < 4.78 is 0.852. The Kier molecular flexibility index (Phi) is 3.14. The predicted molar refractivity (Wildman–Crippen MR) is 83.6 cm³/mol. The summed E-state index contributed by atoms with van der Waals surface area (Å²) in [5.74, 6) is 0.846. The van der Waals surface area contributed by atoms with Crippen molar-refractivity contribution in [2.24, 2.45) is 16.7 Å². The fourth-order valence-corrected chi connectivity index (χ4v) is 4.78. The van der Waals surface area contributed by atoms with Gasteiger partial charge >= 0.3 is 0 Å². The molecule has 1 N–H and O–H groups in total. The molecule has 4 heteroatoms. The third-order valence-electron chi connectivity index (χ3n) is 5.38. The molecule has 1 unspecified atom stereocenters. The van der Waals surface area contributed by atoms with Crippen molar-refractivity contribution < 1.29 is 0 Å². The van der Waals surface area contributed by atoms with Gasteiger partial charge in [0.1, 0.15) is 5.15 Å². The molecule has 1 aromatic rings. The van der Waals surface area contributed by atoms with Crippen LogP contribution in [0.25, 0.3) is 0 Å². The molecule has 3 atom stereocenters. The standard InChI is InChI=1S/C15H20BrClN2/c1-14(2)9-4-5-15(3,7-9)13(14)19-10-6-11(16)12(17)18-8-10/h6,8-9,13,19H,4-5,7H2,1-3H3/t9-,13?,15+/m0/s1. The van der Waals surface area contributed by atoms with E-state index in [0.717, 1.165) is 16.1 Å². The van der Waals surface area contributed by atoms with Gasteiger partial charge in [-0.25, -0.2) is 4.98 Å². The van der Waals surface area contributed by atoms with E-state index in [9.17, 15) is 0 Å². The van der Waals surface area contributed by atoms with E-state index in [-0.39, 0.29) is 0 Å². The van der Waals surface area contributed by atoms with Gasteiger partial charge in [-0.3, -0.25) is 0 Å². The summed E-state index contributed by atoms with van der Waals surface area (Å²) in [6.45, 7) is 7.23. The van der Waals surface area contributed by atoms with Gasteiger partial charge in [-0.05, 0) is 58.0 Å². The lowest BCUT2D eigenvalue weighted by Gasteiger charge is -2.43. The Bertz CT molecular complexity index is 512. The fraction of sp³-hybridized carbons (Fsp3) is 0.667. The normalized spacial score (nSPS) is 35.6. The van der Waals surface area contributed by atoms with Crippen molar-refractivity contribution >= 4 is 33.2 Å². The lowest BCUT2D eigenvalue weighted by Crippen LogP contribution is -2.45. The summed E-state index contributed by atoms with van der Waals surface area (Å²) in [6.07, 6.45) is 5.89. The van der Waals surface area contributed by atoms with Crippen molar-refractivity contribution in [3.63, 3.8) is 0 Å². The second kappa shape index (κ2) is 4.36. The summed E-state index contributed by atoms with van der Waals surface area (Å²) in [5, 5.41) is 4.24. The molecule has 2 fully saturated rings. The average Bonchev–Trinajstić information content (AvgIpc) is 2.80. The van der Waals surface area contributed by atoms with Gasteiger partial charge in [-0.1, -0.05) is 32.4 Å². The molecule has 1 heterocycles. The smallest absolute Gasteiger partial charge is 0.143 e. The van der Waals surface area contributed by atoms with Crippen molar-refractivity contribution in [2.75, 3.05) is 5.32 Å². The van der Waals surface area contributed by atoms with E-state index >= 15 is 0 Å². The molecule has 3 rings (SSSR count). The van der Waals surface area contributed by atoms with Crippen LogP contribution in [-0.4, -0.2) is 11.0 Å². The zero-order chi connectivity index (χ0) is 13.8. The highest BCUT2D eigenvalue weighted by Crippen LogP contribution is 2.63. The minimum absolute atomic E-state index is 0.346. The number of rotatable bonds is 2. The molecule has 104 valence electrons. The largest absolute Gasteiger partial charge is 0.380 e. The number of hydrogen-bond acceptors (Lipinski definition) is 2. The Morgan fingerprint density at radius 1 is 1.42 bits per heavy atom. The van der Waals surface area contributed by atoms with Crippen molar-refractivity contribution in [1.29, 1.82) is 0 Å². The van der Waals surface area contributed by atoms with Gasteiger partial charge in [-0.15, -0.1) is 0 Å². The predicted octanol–water partition coefficient (Wildman–Crippen LogP) is 5.12. The van der Waals surface area contributed by atoms with Gasteiger partial charge in [0.2, 0.25) is 0 Å². The third-order valence-corrected chi connectivity index (χ3v) is 6.51. The maximum Gasteiger partial charge on any atom is 0.143 e. The number of hydrogen-bond donors (Lipinski definition) is 1. The highest BCUT2D eigenvalue weighted by atomic mass is 79.9. The molecule has 0 spiro atoms. The monoisotopic (exact) mass is 342 g/mol. The van der Waals surface area contributed by atoms with Crippen LogP contribution in [0, 0.1) is 16.7 Å². The molecule has 0 aromatic carbocycles. The number of aromatic nitrogens is 1. The van der Waals surface area contributed by atoms with Gasteiger partial charge < -0.3 is 5.32 Å². The molecule has 1 aromatic heterocycles. The van der Waals surface area contributed by atoms with E-state index in [1.165, 1.54) is 19.3 Å². The van der Waals surface area contributed by atoms with Crippen LogP contribution < -0.4 is 5.32 Å². The second-order valence-corrected chi connectivity index (χ2v) is 8.20. The molecular weight excluding hydrogens is 324 g/mol. The number of fused-ring (bicyclic) bond motifs is 2. The first-order valence-corrected chi connectivity index (χ1v) is 8.08. The summed E-state index contributed by atoms with van der Waals surface area (Å²) in [7, 11) is 0. The van der Waals surface area contributed by atoms with E-state index in [2.05, 4.69) is 47.0 Å². The molecule has 0 amide bonds. The van der Waals surface area contributed by atoms with Crippen LogP contribution in [0.4, 0.5) is 5.69 Å². The van der Waals surface area contributed by atoms with Gasteiger partial charge in [0, 0.05) is 6.04 Å². The van der Waals surface area contributed by atoms with Crippen molar-refractivity contribution in [3.8, 4) is 0 Å². The third kappa shape index (κ3) is 2.09. The van der Waals surface area contributed by atoms with Crippen LogP contribution in [0.1, 0.15) is 40.0 Å². The quantitative estimate of drug-likeness (QED) is 0.753. The van der Waals surface area contributed by atoms with Crippen molar-refractivity contribution in [1.82, 2.24) is 4.98 Å². The Labute approximate surface area is 128 Å². The van der Waals surface area contributed by atoms with Crippen LogP contribution >= 0.6 is 27.5 Å². The lowest BCUT2D eigenvalue weighted by molar-refractivity contribution is 0.155. The molecule has 0 aliphatic heterocycles. The van der Waals surface area contributed by atoms with Crippen LogP contribution in [0.15, 0.2) is 16.7 Å². The number of nitrogens with one attached hydrogen (secondary N) is 1. The van der Waals surface area contributed by atoms with Crippen LogP contribution in [0.5, 0.6) is 0 Å². The SMILES string of the molecule is CC1(C)C(Nc2cnc(Cl)c(Br)c2)[C@]2(C)CC[C@H]1C2. The topological polar surface area (TPSA) is 24.9 Å². The summed E-state index contributed by atoms with van der Waals surface area (Å²) >= 11 is 9.40. The van der Waals surface area contributed by atoms with E-state index in [1.807, 2.05) is 12.3 Å². The minimum Gasteiger partial charge on any atom is -0.380 e. The lowest BCUT2D eigenvalue weighted by atomic mass is 9.68.